The first-order valence-corrected chi connectivity index (χ1v) is 8.63. The van der Waals surface area contributed by atoms with Gasteiger partial charge in [0.25, 0.3) is 5.91 Å². The van der Waals surface area contributed by atoms with Gasteiger partial charge in [0.15, 0.2) is 0 Å². The Kier molecular flexibility index (Phi) is 8.08. The van der Waals surface area contributed by atoms with Crippen LogP contribution in [0.3, 0.4) is 0 Å². The van der Waals surface area contributed by atoms with Crippen LogP contribution in [0.2, 0.25) is 0 Å². The number of carbonyl (C=O) groups excluding carboxylic acids is 3. The van der Waals surface area contributed by atoms with Crippen molar-refractivity contribution in [3.63, 3.8) is 0 Å². The van der Waals surface area contributed by atoms with Crippen LogP contribution < -0.4 is 15.4 Å². The lowest BCUT2D eigenvalue weighted by molar-refractivity contribution is -0.141. The van der Waals surface area contributed by atoms with Gasteiger partial charge in [-0.3, -0.25) is 14.4 Å². The number of methoxy groups -OCH3 is 1. The molecular weight excluding hydrogens is 386 g/mol. The molecule has 0 fully saturated rings. The van der Waals surface area contributed by atoms with Crippen LogP contribution >= 0.6 is 0 Å². The Balaban J connectivity index is 1.92. The molecular formula is C20H20F2N2O5. The first-order valence-electron chi connectivity index (χ1n) is 8.63. The lowest BCUT2D eigenvalue weighted by atomic mass is 10.0. The zero-order valence-electron chi connectivity index (χ0n) is 15.6. The number of rotatable bonds is 9. The summed E-state index contributed by atoms with van der Waals surface area (Å²) in [5, 5.41) is 5.11. The van der Waals surface area contributed by atoms with E-state index in [1.807, 2.05) is 0 Å². The summed E-state index contributed by atoms with van der Waals surface area (Å²) in [4.78, 5) is 36.0. The van der Waals surface area contributed by atoms with E-state index in [1.165, 1.54) is 31.4 Å². The molecule has 9 heteroatoms. The fourth-order valence-electron chi connectivity index (χ4n) is 2.48. The second-order valence-corrected chi connectivity index (χ2v) is 5.90. The molecule has 0 radical (unpaired) electrons. The molecule has 29 heavy (non-hydrogen) atoms. The van der Waals surface area contributed by atoms with Crippen molar-refractivity contribution in [3.8, 4) is 5.75 Å². The van der Waals surface area contributed by atoms with Gasteiger partial charge in [-0.05, 0) is 29.8 Å². The first-order chi connectivity index (χ1) is 13.9. The van der Waals surface area contributed by atoms with Crippen LogP contribution in [-0.2, 0) is 14.3 Å². The average Bonchev–Trinajstić information content (AvgIpc) is 2.72. The number of hydrogen-bond donors (Lipinski definition) is 2. The molecule has 0 spiro atoms. The maximum absolute atomic E-state index is 12.2. The van der Waals surface area contributed by atoms with Crippen molar-refractivity contribution in [2.24, 2.45) is 0 Å². The fraction of sp³-hybridized carbons (Fsp3) is 0.250. The fourth-order valence-corrected chi connectivity index (χ4v) is 2.48. The Bertz CT molecular complexity index is 829. The molecule has 154 valence electrons. The molecule has 1 unspecified atom stereocenters. The molecule has 0 aliphatic rings. The summed E-state index contributed by atoms with van der Waals surface area (Å²) in [5.74, 6) is -1.64. The minimum atomic E-state index is -2.96. The van der Waals surface area contributed by atoms with Crippen LogP contribution in [0, 0.1) is 0 Å². The summed E-state index contributed by atoms with van der Waals surface area (Å²) in [6, 6.07) is 13.3. The minimum absolute atomic E-state index is 0.0637. The van der Waals surface area contributed by atoms with Crippen LogP contribution in [0.4, 0.5) is 8.78 Å². The molecule has 2 aromatic carbocycles. The number of benzene rings is 2. The van der Waals surface area contributed by atoms with E-state index in [4.69, 9.17) is 0 Å². The Labute approximate surface area is 166 Å². The Morgan fingerprint density at radius 3 is 2.24 bits per heavy atom. The molecule has 0 aliphatic heterocycles. The highest BCUT2D eigenvalue weighted by molar-refractivity contribution is 5.96. The molecule has 7 nitrogen and oxygen atoms in total. The van der Waals surface area contributed by atoms with Gasteiger partial charge in [-0.15, -0.1) is 0 Å². The van der Waals surface area contributed by atoms with Crippen molar-refractivity contribution in [2.75, 3.05) is 13.7 Å². The second-order valence-electron chi connectivity index (χ2n) is 5.90. The number of nitrogens with one attached hydrogen (secondary N) is 2. The summed E-state index contributed by atoms with van der Waals surface area (Å²) >= 11 is 0. The zero-order chi connectivity index (χ0) is 21.2. The highest BCUT2D eigenvalue weighted by atomic mass is 19.3. The predicted octanol–water partition coefficient (Wildman–Crippen LogP) is 2.44. The van der Waals surface area contributed by atoms with Crippen LogP contribution in [0.15, 0.2) is 54.6 Å². The number of halogens is 2. The van der Waals surface area contributed by atoms with Gasteiger partial charge in [-0.25, -0.2) is 0 Å². The highest BCUT2D eigenvalue weighted by Crippen LogP contribution is 2.17. The van der Waals surface area contributed by atoms with Gasteiger partial charge < -0.3 is 20.1 Å². The van der Waals surface area contributed by atoms with E-state index in [0.29, 0.717) is 5.56 Å². The lowest BCUT2D eigenvalue weighted by Gasteiger charge is -2.18. The number of hydrogen-bond acceptors (Lipinski definition) is 5. The molecule has 2 N–H and O–H groups in total. The highest BCUT2D eigenvalue weighted by Gasteiger charge is 2.19. The molecule has 0 aliphatic carbocycles. The number of carbonyl (C=O) groups is 3. The zero-order valence-corrected chi connectivity index (χ0v) is 15.6. The maximum atomic E-state index is 12.2. The van der Waals surface area contributed by atoms with Crippen molar-refractivity contribution >= 4 is 17.8 Å². The lowest BCUT2D eigenvalue weighted by Crippen LogP contribution is -2.39. The van der Waals surface area contributed by atoms with E-state index < -0.39 is 30.4 Å². The van der Waals surface area contributed by atoms with E-state index in [1.54, 1.807) is 30.3 Å². The summed E-state index contributed by atoms with van der Waals surface area (Å²) in [6.45, 7) is -3.29. The molecule has 2 aromatic rings. The van der Waals surface area contributed by atoms with Crippen molar-refractivity contribution in [1.82, 2.24) is 10.6 Å². The van der Waals surface area contributed by atoms with Crippen molar-refractivity contribution in [1.29, 1.82) is 0 Å². The van der Waals surface area contributed by atoms with E-state index in [-0.39, 0.29) is 24.3 Å². The molecule has 0 bridgehead atoms. The number of amides is 2. The quantitative estimate of drug-likeness (QED) is 0.624. The van der Waals surface area contributed by atoms with E-state index in [2.05, 4.69) is 20.1 Å². The van der Waals surface area contributed by atoms with Gasteiger partial charge in [0.1, 0.15) is 5.75 Å². The molecule has 0 saturated heterocycles. The number of ether oxygens (including phenoxy) is 2. The molecule has 2 amide bonds. The molecule has 0 heterocycles. The summed E-state index contributed by atoms with van der Waals surface area (Å²) in [6.07, 6.45) is -0.0637. The molecule has 2 rings (SSSR count). The van der Waals surface area contributed by atoms with Gasteiger partial charge in [0.05, 0.1) is 26.1 Å². The summed E-state index contributed by atoms with van der Waals surface area (Å²) in [5.41, 5.74) is 0.890. The van der Waals surface area contributed by atoms with Crippen molar-refractivity contribution in [3.05, 3.63) is 65.7 Å². The Hall–Kier alpha value is -3.49. The predicted molar refractivity (Wildman–Crippen MR) is 99.4 cm³/mol. The Morgan fingerprint density at radius 2 is 1.66 bits per heavy atom. The number of alkyl halides is 2. The topological polar surface area (TPSA) is 93.7 Å². The third-order valence-electron chi connectivity index (χ3n) is 3.89. The van der Waals surface area contributed by atoms with Crippen molar-refractivity contribution < 1.29 is 32.6 Å². The van der Waals surface area contributed by atoms with Crippen molar-refractivity contribution in [2.45, 2.75) is 19.1 Å². The molecule has 0 aromatic heterocycles. The van der Waals surface area contributed by atoms with Gasteiger partial charge >= 0.3 is 12.6 Å². The summed E-state index contributed by atoms with van der Waals surface area (Å²) in [7, 11) is 1.25. The largest absolute Gasteiger partial charge is 0.469 e. The van der Waals surface area contributed by atoms with Crippen LogP contribution in [0.5, 0.6) is 5.75 Å². The standard InChI is InChI=1S/C20H20F2N2O5/c1-28-18(26)11-16(13-5-3-2-4-6-13)24-17(25)12-23-19(27)14-7-9-15(10-8-14)29-20(21)22/h2-10,16,20H,11-12H2,1H3,(H,23,27)(H,24,25). The summed E-state index contributed by atoms with van der Waals surface area (Å²) < 4.78 is 33.1. The van der Waals surface area contributed by atoms with Gasteiger partial charge in [0, 0.05) is 5.56 Å². The van der Waals surface area contributed by atoms with E-state index in [9.17, 15) is 23.2 Å². The monoisotopic (exact) mass is 406 g/mol. The van der Waals surface area contributed by atoms with Crippen LogP contribution in [0.1, 0.15) is 28.4 Å². The van der Waals surface area contributed by atoms with Crippen LogP contribution in [0.25, 0.3) is 0 Å². The van der Waals surface area contributed by atoms with E-state index in [0.717, 1.165) is 0 Å². The Morgan fingerprint density at radius 1 is 1.00 bits per heavy atom. The van der Waals surface area contributed by atoms with Crippen LogP contribution in [-0.4, -0.2) is 38.0 Å². The maximum Gasteiger partial charge on any atom is 0.387 e. The molecule has 0 saturated carbocycles. The third-order valence-corrected chi connectivity index (χ3v) is 3.89. The minimum Gasteiger partial charge on any atom is -0.469 e. The van der Waals surface area contributed by atoms with Gasteiger partial charge in [0.2, 0.25) is 5.91 Å². The first kappa shape index (κ1) is 21.8. The second kappa shape index (κ2) is 10.7. The number of esters is 1. The smallest absolute Gasteiger partial charge is 0.387 e. The molecule has 1 atom stereocenters. The van der Waals surface area contributed by atoms with Gasteiger partial charge in [-0.2, -0.15) is 8.78 Å². The third kappa shape index (κ3) is 7.21. The van der Waals surface area contributed by atoms with Gasteiger partial charge in [-0.1, -0.05) is 30.3 Å². The SMILES string of the molecule is COC(=O)CC(NC(=O)CNC(=O)c1ccc(OC(F)F)cc1)c1ccccc1. The average molecular weight is 406 g/mol. The normalized spacial score (nSPS) is 11.4. The van der Waals surface area contributed by atoms with E-state index >= 15 is 0 Å².